The second-order valence-electron chi connectivity index (χ2n) is 13.4. The summed E-state index contributed by atoms with van der Waals surface area (Å²) in [6.07, 6.45) is 11.1. The number of hydrogen-bond acceptors (Lipinski definition) is 4. The third-order valence-electron chi connectivity index (χ3n) is 9.85. The number of halogens is 4. The zero-order chi connectivity index (χ0) is 35.3. The Bertz CT molecular complexity index is 1530. The van der Waals surface area contributed by atoms with Crippen LogP contribution in [0, 0.1) is 0 Å². The molecular weight excluding hydrogens is 985 g/mol. The van der Waals surface area contributed by atoms with E-state index in [1.54, 1.807) is 5.19 Å². The van der Waals surface area contributed by atoms with E-state index in [1.165, 1.54) is 65.5 Å². The number of pyridine rings is 2. The Kier molecular flexibility index (Phi) is 18.0. The first-order valence-electron chi connectivity index (χ1n) is 17.0. The topological polar surface area (TPSA) is 32.3 Å². The van der Waals surface area contributed by atoms with Gasteiger partial charge >= 0.3 is 50.5 Å². The third-order valence-corrected chi connectivity index (χ3v) is 17.2. The van der Waals surface area contributed by atoms with E-state index in [4.69, 9.17) is 11.6 Å². The summed E-state index contributed by atoms with van der Waals surface area (Å²) < 4.78 is 0. The van der Waals surface area contributed by atoms with Gasteiger partial charge in [-0.15, -0.1) is 0 Å². The van der Waals surface area contributed by atoms with Gasteiger partial charge in [-0.2, -0.15) is 0 Å². The van der Waals surface area contributed by atoms with Crippen molar-refractivity contribution in [3.8, 4) is 0 Å². The van der Waals surface area contributed by atoms with Crippen LogP contribution in [0.3, 0.4) is 0 Å². The SMILES string of the molecule is CC.CN1CCC[C@H]1c1cnc(Cl)cc1[Si](C)(C)c1ccccc1.CN1CCC[C@H]1c1cnccc1[Si](C)(C)c1ccccc1.I[I-]I. The van der Waals surface area contributed by atoms with Gasteiger partial charge in [-0.05, 0) is 86.5 Å². The van der Waals surface area contributed by atoms with Gasteiger partial charge < -0.3 is 0 Å². The van der Waals surface area contributed by atoms with E-state index in [-0.39, 0.29) is 0 Å². The molecule has 6 rings (SSSR count). The Morgan fingerprint density at radius 3 is 1.58 bits per heavy atom. The van der Waals surface area contributed by atoms with Crippen LogP contribution in [0.25, 0.3) is 0 Å². The Hall–Kier alpha value is -0.426. The molecule has 0 unspecified atom stereocenters. The fraction of sp³-hybridized carbons (Fsp3) is 0.421. The molecule has 2 fully saturated rings. The Morgan fingerprint density at radius 2 is 1.15 bits per heavy atom. The van der Waals surface area contributed by atoms with Crippen LogP contribution in [0.2, 0.25) is 31.3 Å². The summed E-state index contributed by atoms with van der Waals surface area (Å²) in [4.78, 5) is 13.7. The summed E-state index contributed by atoms with van der Waals surface area (Å²) >= 11 is 11.6. The summed E-state index contributed by atoms with van der Waals surface area (Å²) in [6, 6.07) is 27.3. The van der Waals surface area contributed by atoms with Gasteiger partial charge in [-0.1, -0.05) is 123 Å². The summed E-state index contributed by atoms with van der Waals surface area (Å²) in [6.45, 7) is 16.1. The monoisotopic (exact) mass is 1040 g/mol. The molecule has 0 bridgehead atoms. The molecule has 2 saturated heterocycles. The first kappa shape index (κ1) is 42.0. The van der Waals surface area contributed by atoms with Crippen molar-refractivity contribution in [1.82, 2.24) is 19.8 Å². The fourth-order valence-corrected chi connectivity index (χ4v) is 12.9. The van der Waals surface area contributed by atoms with Crippen molar-refractivity contribution in [3.63, 3.8) is 0 Å². The maximum absolute atomic E-state index is 6.25. The van der Waals surface area contributed by atoms with E-state index in [2.05, 4.69) is 176 Å². The molecule has 48 heavy (non-hydrogen) atoms. The molecule has 0 radical (unpaired) electrons. The van der Waals surface area contributed by atoms with Crippen molar-refractivity contribution in [2.45, 2.75) is 77.8 Å². The summed E-state index contributed by atoms with van der Waals surface area (Å²) in [5.74, 6) is 0. The average Bonchev–Trinajstić information content (AvgIpc) is 3.74. The average molecular weight is 1040 g/mol. The molecule has 2 aliphatic rings. The van der Waals surface area contributed by atoms with Crippen molar-refractivity contribution in [2.75, 3.05) is 27.2 Å². The van der Waals surface area contributed by atoms with Crippen LogP contribution in [-0.2, 0) is 0 Å². The van der Waals surface area contributed by atoms with Crippen molar-refractivity contribution >= 4 is 85.7 Å². The van der Waals surface area contributed by atoms with Crippen LogP contribution < -0.4 is 34.0 Å². The number of nitrogens with zero attached hydrogens (tertiary/aromatic N) is 4. The van der Waals surface area contributed by atoms with Gasteiger partial charge in [-0.3, -0.25) is 14.8 Å². The van der Waals surface area contributed by atoms with Crippen LogP contribution >= 0.6 is 48.8 Å². The summed E-state index contributed by atoms with van der Waals surface area (Å²) in [5.41, 5.74) is 2.84. The molecular formula is C38H53ClI3N4Si2-. The predicted molar refractivity (Wildman–Crippen MR) is 228 cm³/mol. The molecule has 4 aromatic rings. The van der Waals surface area contributed by atoms with Crippen molar-refractivity contribution in [3.05, 3.63) is 108 Å². The van der Waals surface area contributed by atoms with E-state index in [0.717, 1.165) is 0 Å². The zero-order valence-electron chi connectivity index (χ0n) is 29.9. The molecule has 2 aromatic heterocycles. The molecule has 4 nitrogen and oxygen atoms in total. The van der Waals surface area contributed by atoms with E-state index >= 15 is 0 Å². The van der Waals surface area contributed by atoms with Crippen LogP contribution in [-0.4, -0.2) is 63.1 Å². The van der Waals surface area contributed by atoms with Gasteiger partial charge in [0.25, 0.3) is 0 Å². The van der Waals surface area contributed by atoms with Gasteiger partial charge in [0.15, 0.2) is 0 Å². The third kappa shape index (κ3) is 10.8. The zero-order valence-corrected chi connectivity index (χ0v) is 39.1. The van der Waals surface area contributed by atoms with Gasteiger partial charge in [0.1, 0.15) is 21.3 Å². The van der Waals surface area contributed by atoms with Crippen LogP contribution in [0.5, 0.6) is 0 Å². The Balaban J connectivity index is 0.000000230. The van der Waals surface area contributed by atoms with Gasteiger partial charge in [0, 0.05) is 30.7 Å². The van der Waals surface area contributed by atoms with E-state index < -0.39 is 16.1 Å². The van der Waals surface area contributed by atoms with Gasteiger partial charge in [-0.25, -0.2) is 4.98 Å². The van der Waals surface area contributed by atoms with Crippen molar-refractivity contribution in [1.29, 1.82) is 0 Å². The van der Waals surface area contributed by atoms with Gasteiger partial charge in [0.2, 0.25) is 0 Å². The first-order valence-corrected chi connectivity index (χ1v) is 36.0. The molecule has 0 aliphatic carbocycles. The molecule has 2 aliphatic heterocycles. The molecule has 2 aromatic carbocycles. The van der Waals surface area contributed by atoms with Crippen molar-refractivity contribution < 1.29 is 13.3 Å². The quantitative estimate of drug-likeness (QED) is 0.139. The number of hydrogen-bond donors (Lipinski definition) is 0. The molecule has 4 heterocycles. The summed E-state index contributed by atoms with van der Waals surface area (Å²) in [7, 11) is 1.01. The number of rotatable bonds is 6. The Morgan fingerprint density at radius 1 is 0.708 bits per heavy atom. The normalized spacial score (nSPS) is 18.2. The molecule has 10 heteroatoms. The van der Waals surface area contributed by atoms with Crippen LogP contribution in [0.15, 0.2) is 91.4 Å². The van der Waals surface area contributed by atoms with Gasteiger partial charge in [0.05, 0.1) is 0 Å². The molecule has 0 spiro atoms. The van der Waals surface area contributed by atoms with E-state index in [0.29, 0.717) is 30.5 Å². The first-order chi connectivity index (χ1) is 23.0. The van der Waals surface area contributed by atoms with Crippen LogP contribution in [0.1, 0.15) is 62.7 Å². The standard InChI is InChI=1S/C18H23ClN2Si.C18H24N2Si.C2H6.I3/c1-21-11-7-10-16(21)15-13-20-18(19)12-17(15)22(2,3)14-8-5-4-6-9-14;1-20-13-7-10-17(20)16-14-19-12-11-18(16)21(2,3)15-8-5-4-6-9-15;1-2;1-3-2/h4-6,8-9,12-13,16H,7,10-11H2,1-3H3;4-6,8-9,11-12,14,17H,7,10,13H2,1-3H3;1-2H3;/q;;;-1/t16-;17-;;/m00../s1. The minimum absolute atomic E-state index is 0.482. The van der Waals surface area contributed by atoms with E-state index in [9.17, 15) is 0 Å². The molecule has 0 N–H and O–H groups in total. The second kappa shape index (κ2) is 20.6. The molecule has 2 atom stereocenters. The number of likely N-dealkylation sites (tertiary alicyclic amines) is 2. The fourth-order valence-electron chi connectivity index (χ4n) is 7.12. The second-order valence-corrected chi connectivity index (χ2v) is 38.7. The van der Waals surface area contributed by atoms with Crippen molar-refractivity contribution in [2.24, 2.45) is 0 Å². The molecule has 262 valence electrons. The number of aromatic nitrogens is 2. The predicted octanol–water partition coefficient (Wildman–Crippen LogP) is 5.80. The summed E-state index contributed by atoms with van der Waals surface area (Å²) in [5, 5.41) is 6.52. The molecule has 0 amide bonds. The molecule has 0 saturated carbocycles. The maximum atomic E-state index is 6.25. The number of benzene rings is 2. The van der Waals surface area contributed by atoms with Crippen LogP contribution in [0.4, 0.5) is 0 Å². The Labute approximate surface area is 327 Å². The minimum atomic E-state index is -1.78. The van der Waals surface area contributed by atoms with E-state index in [1.807, 2.05) is 26.2 Å².